The minimum atomic E-state index is -0.274. The Balaban J connectivity index is 0.00000280. The number of aryl methyl sites for hydroxylation is 1. The van der Waals surface area contributed by atoms with Crippen molar-refractivity contribution in [3.05, 3.63) is 53.2 Å². The van der Waals surface area contributed by atoms with E-state index in [9.17, 15) is 4.39 Å². The number of hydrogen-bond donors (Lipinski definition) is 2. The van der Waals surface area contributed by atoms with Crippen molar-refractivity contribution in [2.45, 2.75) is 46.2 Å². The van der Waals surface area contributed by atoms with Gasteiger partial charge in [-0.1, -0.05) is 20.8 Å². The SMILES string of the molecule is CN=C(NCc1ncc(C(C)(C)C)o1)NCc1oc2ccc(F)cc2c1C.I. The summed E-state index contributed by atoms with van der Waals surface area (Å²) in [4.78, 5) is 8.49. The van der Waals surface area contributed by atoms with Gasteiger partial charge in [-0.3, -0.25) is 4.99 Å². The molecule has 152 valence electrons. The van der Waals surface area contributed by atoms with E-state index in [0.29, 0.717) is 30.5 Å². The highest BCUT2D eigenvalue weighted by molar-refractivity contribution is 14.0. The van der Waals surface area contributed by atoms with Crippen LogP contribution in [-0.2, 0) is 18.5 Å². The number of furan rings is 1. The zero-order chi connectivity index (χ0) is 19.6. The lowest BCUT2D eigenvalue weighted by Crippen LogP contribution is -2.36. The van der Waals surface area contributed by atoms with Crippen LogP contribution in [0, 0.1) is 12.7 Å². The third-order valence-corrected chi connectivity index (χ3v) is 4.34. The van der Waals surface area contributed by atoms with E-state index in [2.05, 4.69) is 41.4 Å². The second kappa shape index (κ2) is 8.93. The number of nitrogens with one attached hydrogen (secondary N) is 2. The first-order valence-electron chi connectivity index (χ1n) is 8.85. The summed E-state index contributed by atoms with van der Waals surface area (Å²) in [5, 5.41) is 7.14. The minimum absolute atomic E-state index is 0. The Morgan fingerprint density at radius 3 is 2.54 bits per heavy atom. The topological polar surface area (TPSA) is 75.6 Å². The van der Waals surface area contributed by atoms with Crippen molar-refractivity contribution >= 4 is 40.9 Å². The highest BCUT2D eigenvalue weighted by Gasteiger charge is 2.19. The summed E-state index contributed by atoms with van der Waals surface area (Å²) in [7, 11) is 1.69. The number of aliphatic imine (C=N–C) groups is 1. The zero-order valence-electron chi connectivity index (χ0n) is 16.7. The summed E-state index contributed by atoms with van der Waals surface area (Å²) in [6.07, 6.45) is 1.75. The van der Waals surface area contributed by atoms with Gasteiger partial charge in [0.1, 0.15) is 22.9 Å². The largest absolute Gasteiger partial charge is 0.459 e. The van der Waals surface area contributed by atoms with Crippen LogP contribution in [0.4, 0.5) is 4.39 Å². The summed E-state index contributed by atoms with van der Waals surface area (Å²) in [6.45, 7) is 8.99. The van der Waals surface area contributed by atoms with E-state index in [4.69, 9.17) is 8.83 Å². The molecule has 0 atom stereocenters. The Hall–Kier alpha value is -2.10. The Bertz CT molecular complexity index is 972. The maximum Gasteiger partial charge on any atom is 0.213 e. The Morgan fingerprint density at radius 1 is 1.18 bits per heavy atom. The molecule has 0 bridgehead atoms. The van der Waals surface area contributed by atoms with Crippen LogP contribution in [0.1, 0.15) is 43.7 Å². The van der Waals surface area contributed by atoms with Crippen LogP contribution >= 0.6 is 24.0 Å². The van der Waals surface area contributed by atoms with E-state index < -0.39 is 0 Å². The molecule has 2 aromatic heterocycles. The molecule has 0 saturated carbocycles. The molecule has 8 heteroatoms. The smallest absolute Gasteiger partial charge is 0.213 e. The van der Waals surface area contributed by atoms with Gasteiger partial charge in [0.15, 0.2) is 5.96 Å². The van der Waals surface area contributed by atoms with E-state index in [-0.39, 0.29) is 35.2 Å². The molecule has 3 rings (SSSR count). The van der Waals surface area contributed by atoms with Gasteiger partial charge in [-0.15, -0.1) is 24.0 Å². The molecule has 1 aromatic carbocycles. The van der Waals surface area contributed by atoms with Crippen LogP contribution in [0.2, 0.25) is 0 Å². The second-order valence-corrected chi connectivity index (χ2v) is 7.44. The van der Waals surface area contributed by atoms with Crippen LogP contribution in [-0.4, -0.2) is 18.0 Å². The summed E-state index contributed by atoms with van der Waals surface area (Å²) in [6, 6.07) is 4.52. The summed E-state index contributed by atoms with van der Waals surface area (Å²) in [5.41, 5.74) is 1.50. The molecule has 2 heterocycles. The molecular formula is C20H26FIN4O2. The molecular weight excluding hydrogens is 474 g/mol. The number of benzene rings is 1. The Labute approximate surface area is 181 Å². The first kappa shape index (κ1) is 22.2. The third-order valence-electron chi connectivity index (χ3n) is 4.34. The van der Waals surface area contributed by atoms with Crippen molar-refractivity contribution in [1.82, 2.24) is 15.6 Å². The van der Waals surface area contributed by atoms with Crippen molar-refractivity contribution in [3.8, 4) is 0 Å². The molecule has 0 aliphatic heterocycles. The average Bonchev–Trinajstić information content (AvgIpc) is 3.21. The standard InChI is InChI=1S/C20H25FN4O2.HI/c1-12-14-8-13(21)6-7-15(14)26-16(12)9-24-19(22-5)25-11-18-23-10-17(27-18)20(2,3)4;/h6-8,10H,9,11H2,1-5H3,(H2,22,24,25);1H. The summed E-state index contributed by atoms with van der Waals surface area (Å²) < 4.78 is 25.0. The summed E-state index contributed by atoms with van der Waals surface area (Å²) in [5.74, 6) is 2.50. The molecule has 0 radical (unpaired) electrons. The van der Waals surface area contributed by atoms with Crippen molar-refractivity contribution in [3.63, 3.8) is 0 Å². The maximum atomic E-state index is 13.4. The van der Waals surface area contributed by atoms with Gasteiger partial charge < -0.3 is 19.5 Å². The molecule has 0 unspecified atom stereocenters. The van der Waals surface area contributed by atoms with Crippen LogP contribution in [0.3, 0.4) is 0 Å². The number of hydrogen-bond acceptors (Lipinski definition) is 4. The molecule has 0 amide bonds. The van der Waals surface area contributed by atoms with Crippen LogP contribution in [0.15, 0.2) is 38.2 Å². The van der Waals surface area contributed by atoms with E-state index in [1.807, 2.05) is 6.92 Å². The van der Waals surface area contributed by atoms with Crippen LogP contribution in [0.5, 0.6) is 0 Å². The average molecular weight is 500 g/mol. The number of rotatable bonds is 4. The molecule has 0 aliphatic carbocycles. The van der Waals surface area contributed by atoms with Crippen LogP contribution in [0.25, 0.3) is 11.0 Å². The van der Waals surface area contributed by atoms with Gasteiger partial charge in [-0.05, 0) is 25.1 Å². The third kappa shape index (κ3) is 5.03. The van der Waals surface area contributed by atoms with Gasteiger partial charge in [-0.2, -0.15) is 0 Å². The van der Waals surface area contributed by atoms with E-state index in [1.165, 1.54) is 12.1 Å². The zero-order valence-corrected chi connectivity index (χ0v) is 19.1. The predicted octanol–water partition coefficient (Wildman–Crippen LogP) is 4.65. The van der Waals surface area contributed by atoms with Crippen molar-refractivity contribution < 1.29 is 13.2 Å². The minimum Gasteiger partial charge on any atom is -0.459 e. The maximum absolute atomic E-state index is 13.4. The predicted molar refractivity (Wildman–Crippen MR) is 119 cm³/mol. The number of guanidine groups is 1. The van der Waals surface area contributed by atoms with Gasteiger partial charge >= 0.3 is 0 Å². The number of oxazole rings is 1. The number of halogens is 2. The first-order valence-corrected chi connectivity index (χ1v) is 8.85. The fraction of sp³-hybridized carbons (Fsp3) is 0.400. The number of nitrogens with zero attached hydrogens (tertiary/aromatic N) is 2. The second-order valence-electron chi connectivity index (χ2n) is 7.44. The molecule has 0 fully saturated rings. The quantitative estimate of drug-likeness (QED) is 0.310. The van der Waals surface area contributed by atoms with Gasteiger partial charge in [0.25, 0.3) is 0 Å². The molecule has 28 heavy (non-hydrogen) atoms. The molecule has 3 aromatic rings. The van der Waals surface area contributed by atoms with Gasteiger partial charge in [0, 0.05) is 23.4 Å². The lowest BCUT2D eigenvalue weighted by molar-refractivity contribution is 0.379. The summed E-state index contributed by atoms with van der Waals surface area (Å²) >= 11 is 0. The fourth-order valence-electron chi connectivity index (χ4n) is 2.70. The number of aromatic nitrogens is 1. The Morgan fingerprint density at radius 2 is 1.89 bits per heavy atom. The molecule has 0 spiro atoms. The van der Waals surface area contributed by atoms with Crippen molar-refractivity contribution in [1.29, 1.82) is 0 Å². The molecule has 0 saturated heterocycles. The lowest BCUT2D eigenvalue weighted by atomic mass is 9.94. The molecule has 0 aliphatic rings. The van der Waals surface area contributed by atoms with Crippen molar-refractivity contribution in [2.24, 2.45) is 4.99 Å². The highest BCUT2D eigenvalue weighted by Crippen LogP contribution is 2.26. The van der Waals surface area contributed by atoms with E-state index >= 15 is 0 Å². The first-order chi connectivity index (χ1) is 12.8. The number of fused-ring (bicyclic) bond motifs is 1. The van der Waals surface area contributed by atoms with Crippen molar-refractivity contribution in [2.75, 3.05) is 7.05 Å². The lowest BCUT2D eigenvalue weighted by Gasteiger charge is -2.13. The molecule has 6 nitrogen and oxygen atoms in total. The normalized spacial score (nSPS) is 12.1. The Kier molecular flexibility index (Phi) is 7.08. The highest BCUT2D eigenvalue weighted by atomic mass is 127. The van der Waals surface area contributed by atoms with Gasteiger partial charge in [-0.25, -0.2) is 9.37 Å². The monoisotopic (exact) mass is 500 g/mol. The van der Waals surface area contributed by atoms with Gasteiger partial charge in [0.2, 0.25) is 5.89 Å². The van der Waals surface area contributed by atoms with E-state index in [0.717, 1.165) is 22.5 Å². The van der Waals surface area contributed by atoms with E-state index in [1.54, 1.807) is 19.3 Å². The molecule has 2 N–H and O–H groups in total. The van der Waals surface area contributed by atoms with Gasteiger partial charge in [0.05, 0.1) is 19.3 Å². The van der Waals surface area contributed by atoms with Crippen LogP contribution < -0.4 is 10.6 Å². The fourth-order valence-corrected chi connectivity index (χ4v) is 2.70.